The third-order valence-electron chi connectivity index (χ3n) is 1.91. The summed E-state index contributed by atoms with van der Waals surface area (Å²) < 4.78 is 18.0. The Hall–Kier alpha value is -1.13. The molecule has 0 aliphatic heterocycles. The molecule has 0 fully saturated rings. The lowest BCUT2D eigenvalue weighted by Gasteiger charge is -2.11. The van der Waals surface area contributed by atoms with Crippen molar-refractivity contribution in [1.82, 2.24) is 5.48 Å². The number of benzene rings is 1. The number of rotatable bonds is 3. The highest BCUT2D eigenvalue weighted by molar-refractivity contribution is 5.40. The highest BCUT2D eigenvalue weighted by atomic mass is 19.1. The van der Waals surface area contributed by atoms with Crippen molar-refractivity contribution in [3.63, 3.8) is 0 Å². The molecule has 0 aliphatic rings. The van der Waals surface area contributed by atoms with Crippen molar-refractivity contribution >= 4 is 0 Å². The van der Waals surface area contributed by atoms with Crippen molar-refractivity contribution in [2.24, 2.45) is 0 Å². The number of methoxy groups -OCH3 is 1. The van der Waals surface area contributed by atoms with Crippen LogP contribution >= 0.6 is 0 Å². The normalized spacial score (nSPS) is 10.2. The molecule has 0 spiro atoms. The van der Waals surface area contributed by atoms with E-state index in [2.05, 4.69) is 0 Å². The fourth-order valence-corrected chi connectivity index (χ4v) is 1.22. The third kappa shape index (κ3) is 1.96. The van der Waals surface area contributed by atoms with Crippen LogP contribution in [0.5, 0.6) is 5.75 Å². The number of nitrogens with one attached hydrogen (secondary N) is 1. The predicted molar refractivity (Wildman–Crippen MR) is 46.3 cm³/mol. The van der Waals surface area contributed by atoms with Gasteiger partial charge in [0.1, 0.15) is 0 Å². The maximum absolute atomic E-state index is 13.1. The molecular weight excluding hydrogens is 173 g/mol. The molecule has 1 aromatic rings. The van der Waals surface area contributed by atoms with Crippen molar-refractivity contribution < 1.29 is 14.3 Å². The molecule has 0 aliphatic carbocycles. The van der Waals surface area contributed by atoms with Gasteiger partial charge in [-0.05, 0) is 18.6 Å². The Labute approximate surface area is 76.1 Å². The number of aryl methyl sites for hydroxylation is 1. The minimum atomic E-state index is -0.418. The molecule has 13 heavy (non-hydrogen) atoms. The third-order valence-corrected chi connectivity index (χ3v) is 1.91. The van der Waals surface area contributed by atoms with Gasteiger partial charge in [-0.3, -0.25) is 0 Å². The lowest BCUT2D eigenvalue weighted by molar-refractivity contribution is 0.159. The molecule has 0 bridgehead atoms. The molecule has 0 unspecified atom stereocenters. The molecular formula is C9H12FNO2. The highest BCUT2D eigenvalue weighted by Gasteiger charge is 2.10. The average molecular weight is 185 g/mol. The number of hydrogen-bond acceptors (Lipinski definition) is 3. The molecule has 0 saturated carbocycles. The van der Waals surface area contributed by atoms with E-state index in [9.17, 15) is 4.39 Å². The lowest BCUT2D eigenvalue weighted by atomic mass is 10.1. The summed E-state index contributed by atoms with van der Waals surface area (Å²) in [5, 5.41) is 8.53. The Morgan fingerprint density at radius 1 is 1.54 bits per heavy atom. The fraction of sp³-hybridized carbons (Fsp3) is 0.333. The molecule has 3 nitrogen and oxygen atoms in total. The van der Waals surface area contributed by atoms with Gasteiger partial charge in [-0.15, -0.1) is 0 Å². The van der Waals surface area contributed by atoms with E-state index in [0.29, 0.717) is 5.56 Å². The van der Waals surface area contributed by atoms with Crippen molar-refractivity contribution in [2.75, 3.05) is 7.11 Å². The molecule has 0 heterocycles. The van der Waals surface area contributed by atoms with Crippen LogP contribution in [0, 0.1) is 12.7 Å². The SMILES string of the molecule is COc1c(F)ccc(C)c1CNO. The van der Waals surface area contributed by atoms with Crippen LogP contribution in [0.2, 0.25) is 0 Å². The van der Waals surface area contributed by atoms with Crippen LogP contribution in [0.15, 0.2) is 12.1 Å². The maximum Gasteiger partial charge on any atom is 0.165 e. The van der Waals surface area contributed by atoms with Crippen LogP contribution < -0.4 is 10.2 Å². The first-order valence-electron chi connectivity index (χ1n) is 3.89. The minimum Gasteiger partial charge on any atom is -0.493 e. The molecule has 0 atom stereocenters. The molecule has 0 saturated heterocycles. The predicted octanol–water partition coefficient (Wildman–Crippen LogP) is 1.62. The van der Waals surface area contributed by atoms with Gasteiger partial charge in [-0.1, -0.05) is 6.07 Å². The van der Waals surface area contributed by atoms with E-state index in [1.54, 1.807) is 6.07 Å². The zero-order valence-electron chi connectivity index (χ0n) is 7.60. The van der Waals surface area contributed by atoms with Crippen LogP contribution in [-0.2, 0) is 6.54 Å². The summed E-state index contributed by atoms with van der Waals surface area (Å²) in [7, 11) is 1.40. The van der Waals surface area contributed by atoms with Gasteiger partial charge in [-0.2, -0.15) is 0 Å². The van der Waals surface area contributed by atoms with Crippen molar-refractivity contribution in [1.29, 1.82) is 0 Å². The maximum atomic E-state index is 13.1. The van der Waals surface area contributed by atoms with E-state index in [4.69, 9.17) is 9.94 Å². The van der Waals surface area contributed by atoms with Crippen LogP contribution in [-0.4, -0.2) is 12.3 Å². The average Bonchev–Trinajstić information content (AvgIpc) is 2.12. The quantitative estimate of drug-likeness (QED) is 0.703. The second-order valence-corrected chi connectivity index (χ2v) is 2.71. The Bertz CT molecular complexity index is 302. The molecule has 1 rings (SSSR count). The summed E-state index contributed by atoms with van der Waals surface area (Å²) in [5.74, 6) is -0.236. The van der Waals surface area contributed by atoms with Gasteiger partial charge in [0, 0.05) is 12.1 Å². The first kappa shape index (κ1) is 9.95. The molecule has 1 aromatic carbocycles. The van der Waals surface area contributed by atoms with Gasteiger partial charge in [0.15, 0.2) is 11.6 Å². The van der Waals surface area contributed by atoms with Crippen molar-refractivity contribution in [3.8, 4) is 5.75 Å². The smallest absolute Gasteiger partial charge is 0.165 e. The van der Waals surface area contributed by atoms with E-state index < -0.39 is 5.82 Å². The fourth-order valence-electron chi connectivity index (χ4n) is 1.22. The highest BCUT2D eigenvalue weighted by Crippen LogP contribution is 2.25. The second kappa shape index (κ2) is 4.20. The van der Waals surface area contributed by atoms with Crippen molar-refractivity contribution in [3.05, 3.63) is 29.1 Å². The number of ether oxygens (including phenoxy) is 1. The second-order valence-electron chi connectivity index (χ2n) is 2.71. The van der Waals surface area contributed by atoms with Gasteiger partial charge in [-0.25, -0.2) is 9.87 Å². The Morgan fingerprint density at radius 3 is 2.77 bits per heavy atom. The summed E-state index contributed by atoms with van der Waals surface area (Å²) >= 11 is 0. The molecule has 4 heteroatoms. The minimum absolute atomic E-state index is 0.173. The molecule has 2 N–H and O–H groups in total. The molecule has 0 amide bonds. The van der Waals surface area contributed by atoms with E-state index in [0.717, 1.165) is 5.56 Å². The summed E-state index contributed by atoms with van der Waals surface area (Å²) in [6, 6.07) is 2.99. The zero-order chi connectivity index (χ0) is 9.84. The largest absolute Gasteiger partial charge is 0.493 e. The van der Waals surface area contributed by atoms with E-state index in [1.165, 1.54) is 13.2 Å². The number of hydrogen-bond donors (Lipinski definition) is 2. The van der Waals surface area contributed by atoms with Crippen LogP contribution in [0.25, 0.3) is 0 Å². The lowest BCUT2D eigenvalue weighted by Crippen LogP contribution is -2.10. The van der Waals surface area contributed by atoms with Crippen molar-refractivity contribution in [2.45, 2.75) is 13.5 Å². The van der Waals surface area contributed by atoms with E-state index in [-0.39, 0.29) is 12.3 Å². The zero-order valence-corrected chi connectivity index (χ0v) is 7.60. The van der Waals surface area contributed by atoms with Crippen LogP contribution in [0.3, 0.4) is 0 Å². The van der Waals surface area contributed by atoms with Gasteiger partial charge in [0.25, 0.3) is 0 Å². The van der Waals surface area contributed by atoms with Gasteiger partial charge >= 0.3 is 0 Å². The van der Waals surface area contributed by atoms with Gasteiger partial charge in [0.2, 0.25) is 0 Å². The molecule has 0 aromatic heterocycles. The first-order chi connectivity index (χ1) is 6.20. The molecule has 72 valence electrons. The standard InChI is InChI=1S/C9H12FNO2/c1-6-3-4-8(10)9(13-2)7(6)5-11-12/h3-4,11-12H,5H2,1-2H3. The van der Waals surface area contributed by atoms with E-state index >= 15 is 0 Å². The summed E-state index contributed by atoms with van der Waals surface area (Å²) in [6.07, 6.45) is 0. The van der Waals surface area contributed by atoms with Gasteiger partial charge in [0.05, 0.1) is 7.11 Å². The summed E-state index contributed by atoms with van der Waals surface area (Å²) in [4.78, 5) is 0. The number of hydroxylamine groups is 1. The topological polar surface area (TPSA) is 41.5 Å². The Balaban J connectivity index is 3.18. The Morgan fingerprint density at radius 2 is 2.23 bits per heavy atom. The monoisotopic (exact) mass is 185 g/mol. The van der Waals surface area contributed by atoms with E-state index in [1.807, 2.05) is 12.4 Å². The summed E-state index contributed by atoms with van der Waals surface area (Å²) in [6.45, 7) is 2.00. The van der Waals surface area contributed by atoms with Crippen LogP contribution in [0.4, 0.5) is 4.39 Å². The number of halogens is 1. The summed E-state index contributed by atoms with van der Waals surface area (Å²) in [5.41, 5.74) is 3.48. The van der Waals surface area contributed by atoms with Gasteiger partial charge < -0.3 is 9.94 Å². The van der Waals surface area contributed by atoms with Crippen LogP contribution in [0.1, 0.15) is 11.1 Å². The first-order valence-corrected chi connectivity index (χ1v) is 3.89. The molecule has 0 radical (unpaired) electrons. The Kier molecular flexibility index (Phi) is 3.22.